The van der Waals surface area contributed by atoms with Crippen molar-refractivity contribution in [2.24, 2.45) is 17.8 Å². The molecule has 232 valence electrons. The summed E-state index contributed by atoms with van der Waals surface area (Å²) in [5, 5.41) is 10.0. The van der Waals surface area contributed by atoms with E-state index in [-0.39, 0.29) is 0 Å². The second kappa shape index (κ2) is 11.7. The van der Waals surface area contributed by atoms with Crippen LogP contribution in [0, 0.1) is 29.1 Å². The lowest BCUT2D eigenvalue weighted by Crippen LogP contribution is -2.48. The molecule has 4 nitrogen and oxygen atoms in total. The Kier molecular flexibility index (Phi) is 7.01. The van der Waals surface area contributed by atoms with Gasteiger partial charge in [-0.3, -0.25) is 0 Å². The van der Waals surface area contributed by atoms with E-state index in [2.05, 4.69) is 60.7 Å². The number of benzene rings is 5. The maximum absolute atomic E-state index is 10.0. The Morgan fingerprint density at radius 1 is 0.458 bits per heavy atom. The zero-order valence-corrected chi connectivity index (χ0v) is 26.9. The Hall–Kier alpha value is -5.40. The lowest BCUT2D eigenvalue weighted by atomic mass is 9.48. The Balaban J connectivity index is 1.03. The first-order valence-electron chi connectivity index (χ1n) is 17.2. The molecular weight excluding hydrogens is 585 g/mol. The van der Waals surface area contributed by atoms with Gasteiger partial charge in [0.05, 0.1) is 11.6 Å². The van der Waals surface area contributed by atoms with Crippen LogP contribution in [0.1, 0.15) is 49.7 Å². The summed E-state index contributed by atoms with van der Waals surface area (Å²) in [4.78, 5) is 14.6. The molecule has 6 aromatic rings. The summed E-state index contributed by atoms with van der Waals surface area (Å²) in [6.07, 6.45) is 8.60. The standard InChI is InChI=1S/C44H36N4/c45-28-32-22-38(24-39(23-32)43-47-41(36-7-3-1-4-8-36)46-42(48-43)37-9-5-2-6-10-37)35-13-11-33(12-14-35)34-15-17-40(18-16-34)44-25-29-19-30(26-44)21-31(20-29)27-44/h1-18,22-24,29-31H,19-21,25-27H2. The summed E-state index contributed by atoms with van der Waals surface area (Å²) in [6.45, 7) is 0. The van der Waals surface area contributed by atoms with Gasteiger partial charge in [0, 0.05) is 16.7 Å². The highest BCUT2D eigenvalue weighted by Gasteiger charge is 2.51. The fourth-order valence-corrected chi connectivity index (χ4v) is 9.26. The van der Waals surface area contributed by atoms with E-state index in [0.29, 0.717) is 28.5 Å². The second-order valence-corrected chi connectivity index (χ2v) is 14.3. The van der Waals surface area contributed by atoms with Gasteiger partial charge in [-0.15, -0.1) is 0 Å². The number of nitriles is 1. The lowest BCUT2D eigenvalue weighted by Gasteiger charge is -2.57. The minimum Gasteiger partial charge on any atom is -0.208 e. The van der Waals surface area contributed by atoms with Gasteiger partial charge >= 0.3 is 0 Å². The molecule has 0 radical (unpaired) electrons. The smallest absolute Gasteiger partial charge is 0.164 e. The van der Waals surface area contributed by atoms with Gasteiger partial charge in [0.25, 0.3) is 0 Å². The number of rotatable bonds is 6. The molecule has 0 saturated heterocycles. The molecule has 1 heterocycles. The third-order valence-corrected chi connectivity index (χ3v) is 11.1. The molecule has 4 heteroatoms. The van der Waals surface area contributed by atoms with Gasteiger partial charge in [-0.05, 0) is 108 Å². The molecular formula is C44H36N4. The van der Waals surface area contributed by atoms with Crippen molar-refractivity contribution in [2.75, 3.05) is 0 Å². The number of aromatic nitrogens is 3. The van der Waals surface area contributed by atoms with Crippen molar-refractivity contribution in [3.63, 3.8) is 0 Å². The Labute approximate surface area is 282 Å². The van der Waals surface area contributed by atoms with Crippen molar-refractivity contribution in [3.8, 4) is 62.5 Å². The number of hydrogen-bond donors (Lipinski definition) is 0. The van der Waals surface area contributed by atoms with Crippen molar-refractivity contribution in [1.29, 1.82) is 5.26 Å². The van der Waals surface area contributed by atoms with Crippen LogP contribution in [-0.4, -0.2) is 15.0 Å². The molecule has 0 unspecified atom stereocenters. The predicted octanol–water partition coefficient (Wildman–Crippen LogP) is 10.5. The molecule has 0 aliphatic heterocycles. The molecule has 0 spiro atoms. The third kappa shape index (κ3) is 5.30. The van der Waals surface area contributed by atoms with Gasteiger partial charge in [-0.2, -0.15) is 5.26 Å². The van der Waals surface area contributed by atoms with Crippen molar-refractivity contribution < 1.29 is 0 Å². The van der Waals surface area contributed by atoms with Crippen LogP contribution in [0.3, 0.4) is 0 Å². The van der Waals surface area contributed by atoms with Crippen LogP contribution in [0.15, 0.2) is 127 Å². The summed E-state index contributed by atoms with van der Waals surface area (Å²) in [5.41, 5.74) is 9.60. The van der Waals surface area contributed by atoms with Crippen LogP contribution in [-0.2, 0) is 5.41 Å². The zero-order chi connectivity index (χ0) is 32.1. The molecule has 10 rings (SSSR count). The first-order chi connectivity index (χ1) is 23.6. The van der Waals surface area contributed by atoms with E-state index in [0.717, 1.165) is 45.6 Å². The van der Waals surface area contributed by atoms with E-state index >= 15 is 0 Å². The maximum Gasteiger partial charge on any atom is 0.164 e. The monoisotopic (exact) mass is 620 g/mol. The van der Waals surface area contributed by atoms with E-state index in [1.165, 1.54) is 49.7 Å². The minimum atomic E-state index is 0.419. The molecule has 4 bridgehead atoms. The first kappa shape index (κ1) is 28.8. The average molecular weight is 621 g/mol. The van der Waals surface area contributed by atoms with Crippen LogP contribution in [0.25, 0.3) is 56.4 Å². The summed E-state index contributed by atoms with van der Waals surface area (Å²) in [5.74, 6) is 4.59. The highest BCUT2D eigenvalue weighted by molar-refractivity contribution is 5.76. The summed E-state index contributed by atoms with van der Waals surface area (Å²) in [7, 11) is 0. The number of nitrogens with zero attached hydrogens (tertiary/aromatic N) is 4. The SMILES string of the molecule is N#Cc1cc(-c2ccc(-c3ccc(C45CC6CC(CC(C6)C4)C5)cc3)cc2)cc(-c2nc(-c3ccccc3)nc(-c3ccccc3)n2)c1. The lowest BCUT2D eigenvalue weighted by molar-refractivity contribution is -0.00518. The van der Waals surface area contributed by atoms with Crippen LogP contribution >= 0.6 is 0 Å². The van der Waals surface area contributed by atoms with E-state index in [9.17, 15) is 5.26 Å². The molecule has 4 aliphatic carbocycles. The van der Waals surface area contributed by atoms with E-state index < -0.39 is 0 Å². The quantitative estimate of drug-likeness (QED) is 0.186. The summed E-state index contributed by atoms with van der Waals surface area (Å²) in [6, 6.07) is 46.3. The molecule has 5 aromatic carbocycles. The Morgan fingerprint density at radius 2 is 0.875 bits per heavy atom. The minimum absolute atomic E-state index is 0.419. The third-order valence-electron chi connectivity index (χ3n) is 11.1. The topological polar surface area (TPSA) is 62.5 Å². The van der Waals surface area contributed by atoms with Gasteiger partial charge in [-0.1, -0.05) is 109 Å². The van der Waals surface area contributed by atoms with Crippen LogP contribution in [0.2, 0.25) is 0 Å². The largest absolute Gasteiger partial charge is 0.208 e. The highest BCUT2D eigenvalue weighted by atomic mass is 15.0. The predicted molar refractivity (Wildman–Crippen MR) is 192 cm³/mol. The molecule has 0 atom stereocenters. The van der Waals surface area contributed by atoms with Gasteiger partial charge < -0.3 is 0 Å². The van der Waals surface area contributed by atoms with Gasteiger partial charge in [0.15, 0.2) is 17.5 Å². The van der Waals surface area contributed by atoms with Crippen LogP contribution in [0.4, 0.5) is 0 Å². The summed E-state index contributed by atoms with van der Waals surface area (Å²) >= 11 is 0. The molecule has 0 N–H and O–H groups in total. The van der Waals surface area contributed by atoms with E-state index in [4.69, 9.17) is 15.0 Å². The van der Waals surface area contributed by atoms with Gasteiger partial charge in [0.1, 0.15) is 0 Å². The van der Waals surface area contributed by atoms with E-state index in [1.807, 2.05) is 72.8 Å². The fourth-order valence-electron chi connectivity index (χ4n) is 9.26. The van der Waals surface area contributed by atoms with E-state index in [1.54, 1.807) is 5.56 Å². The Morgan fingerprint density at radius 3 is 1.35 bits per heavy atom. The molecule has 4 fully saturated rings. The fraction of sp³-hybridized carbons (Fsp3) is 0.227. The van der Waals surface area contributed by atoms with Gasteiger partial charge in [-0.25, -0.2) is 15.0 Å². The highest BCUT2D eigenvalue weighted by Crippen LogP contribution is 2.60. The molecule has 1 aromatic heterocycles. The molecule has 4 aliphatic rings. The summed E-state index contributed by atoms with van der Waals surface area (Å²) < 4.78 is 0. The first-order valence-corrected chi connectivity index (χ1v) is 17.2. The van der Waals surface area contributed by atoms with Gasteiger partial charge in [0.2, 0.25) is 0 Å². The van der Waals surface area contributed by atoms with Crippen LogP contribution in [0.5, 0.6) is 0 Å². The molecule has 0 amide bonds. The van der Waals surface area contributed by atoms with Crippen molar-refractivity contribution in [3.05, 3.63) is 139 Å². The van der Waals surface area contributed by atoms with Crippen molar-refractivity contribution in [1.82, 2.24) is 15.0 Å². The number of hydrogen-bond acceptors (Lipinski definition) is 4. The van der Waals surface area contributed by atoms with Crippen molar-refractivity contribution in [2.45, 2.75) is 43.9 Å². The van der Waals surface area contributed by atoms with Crippen molar-refractivity contribution >= 4 is 0 Å². The average Bonchev–Trinajstić information content (AvgIpc) is 3.15. The molecule has 4 saturated carbocycles. The Bertz CT molecular complexity index is 2050. The normalized spacial score (nSPS) is 22.4. The maximum atomic E-state index is 10.0. The van der Waals surface area contributed by atoms with Crippen LogP contribution < -0.4 is 0 Å². The zero-order valence-electron chi connectivity index (χ0n) is 26.9. The second-order valence-electron chi connectivity index (χ2n) is 14.3. The molecule has 48 heavy (non-hydrogen) atoms.